The van der Waals surface area contributed by atoms with Crippen molar-refractivity contribution < 1.29 is 9.21 Å². The van der Waals surface area contributed by atoms with Gasteiger partial charge in [-0.2, -0.15) is 11.8 Å². The monoisotopic (exact) mass is 436 g/mol. The van der Waals surface area contributed by atoms with E-state index in [1.165, 1.54) is 22.8 Å². The molecule has 4 rings (SSSR count). The molecule has 162 valence electrons. The van der Waals surface area contributed by atoms with Crippen LogP contribution in [0.1, 0.15) is 16.8 Å². The highest BCUT2D eigenvalue weighted by molar-refractivity contribution is 7.99. The molecular formula is C24H28N4O2S. The molecule has 0 radical (unpaired) electrons. The van der Waals surface area contributed by atoms with E-state index in [1.54, 1.807) is 6.26 Å². The summed E-state index contributed by atoms with van der Waals surface area (Å²) >= 11 is 2.00. The minimum absolute atomic E-state index is 0.215. The molecule has 1 saturated heterocycles. The van der Waals surface area contributed by atoms with E-state index in [0.29, 0.717) is 18.9 Å². The van der Waals surface area contributed by atoms with Crippen LogP contribution in [0.2, 0.25) is 0 Å². The van der Waals surface area contributed by atoms with Gasteiger partial charge in [-0.25, -0.2) is 9.78 Å². The van der Waals surface area contributed by atoms with Gasteiger partial charge in [0.15, 0.2) is 0 Å². The Morgan fingerprint density at radius 2 is 1.90 bits per heavy atom. The Labute approximate surface area is 187 Å². The van der Waals surface area contributed by atoms with Gasteiger partial charge in [-0.3, -0.25) is 0 Å². The molecule has 31 heavy (non-hydrogen) atoms. The summed E-state index contributed by atoms with van der Waals surface area (Å²) in [5.74, 6) is 2.93. The smallest absolute Gasteiger partial charge is 0.319 e. The van der Waals surface area contributed by atoms with E-state index in [0.717, 1.165) is 35.6 Å². The first-order valence-electron chi connectivity index (χ1n) is 10.6. The second-order valence-electron chi connectivity index (χ2n) is 7.74. The second-order valence-corrected chi connectivity index (χ2v) is 8.96. The summed E-state index contributed by atoms with van der Waals surface area (Å²) in [7, 11) is 0. The summed E-state index contributed by atoms with van der Waals surface area (Å²) in [6, 6.07) is 14.1. The highest BCUT2D eigenvalue weighted by Gasteiger charge is 2.13. The second kappa shape index (κ2) is 9.92. The largest absolute Gasteiger partial charge is 0.444 e. The topological polar surface area (TPSA) is 70.4 Å². The SMILES string of the molecule is Cc1ccc(-c2nc(CCNC(=O)Nc3ccc(N4CCSCC4)cc3C)co2)cc1. The molecule has 2 amide bonds. The van der Waals surface area contributed by atoms with Crippen molar-refractivity contribution in [2.24, 2.45) is 0 Å². The molecule has 6 nitrogen and oxygen atoms in total. The molecule has 3 aromatic rings. The van der Waals surface area contributed by atoms with Gasteiger partial charge in [-0.15, -0.1) is 0 Å². The third-order valence-corrected chi connectivity index (χ3v) is 6.29. The number of amides is 2. The molecule has 1 aliphatic rings. The summed E-state index contributed by atoms with van der Waals surface area (Å²) in [6.07, 6.45) is 2.25. The molecule has 7 heteroatoms. The quantitative estimate of drug-likeness (QED) is 0.577. The lowest BCUT2D eigenvalue weighted by Crippen LogP contribution is -2.32. The Balaban J connectivity index is 1.26. The van der Waals surface area contributed by atoms with Crippen molar-refractivity contribution in [1.82, 2.24) is 10.3 Å². The molecule has 2 heterocycles. The van der Waals surface area contributed by atoms with Crippen LogP contribution in [-0.4, -0.2) is 42.2 Å². The van der Waals surface area contributed by atoms with Crippen molar-refractivity contribution in [2.75, 3.05) is 41.4 Å². The third-order valence-electron chi connectivity index (χ3n) is 5.35. The minimum atomic E-state index is -0.215. The Hall–Kier alpha value is -2.93. The molecule has 0 aliphatic carbocycles. The molecule has 0 saturated carbocycles. The highest BCUT2D eigenvalue weighted by atomic mass is 32.2. The van der Waals surface area contributed by atoms with Crippen molar-refractivity contribution in [3.8, 4) is 11.5 Å². The van der Waals surface area contributed by atoms with Gasteiger partial charge in [-0.05, 0) is 49.7 Å². The molecule has 0 unspecified atom stereocenters. The van der Waals surface area contributed by atoms with Gasteiger partial charge in [0, 0.05) is 54.5 Å². The Morgan fingerprint density at radius 1 is 1.13 bits per heavy atom. The summed E-state index contributed by atoms with van der Waals surface area (Å²) in [5, 5.41) is 5.84. The van der Waals surface area contributed by atoms with E-state index < -0.39 is 0 Å². The van der Waals surface area contributed by atoms with Crippen LogP contribution in [-0.2, 0) is 6.42 Å². The van der Waals surface area contributed by atoms with E-state index in [2.05, 4.69) is 32.7 Å². The molecule has 2 N–H and O–H groups in total. The molecule has 1 fully saturated rings. The standard InChI is InChI=1S/C24H28N4O2S/c1-17-3-5-19(6-4-17)23-26-20(16-30-23)9-10-25-24(29)27-22-8-7-21(15-18(22)2)28-11-13-31-14-12-28/h3-8,15-16H,9-14H2,1-2H3,(H2,25,27,29). The molecule has 1 aromatic heterocycles. The number of nitrogens with one attached hydrogen (secondary N) is 2. The van der Waals surface area contributed by atoms with E-state index in [9.17, 15) is 4.79 Å². The van der Waals surface area contributed by atoms with Crippen LogP contribution in [0.25, 0.3) is 11.5 Å². The number of urea groups is 1. The molecule has 1 aliphatic heterocycles. The van der Waals surface area contributed by atoms with E-state index in [-0.39, 0.29) is 6.03 Å². The van der Waals surface area contributed by atoms with Crippen molar-refractivity contribution in [1.29, 1.82) is 0 Å². The number of carbonyl (C=O) groups excluding carboxylic acids is 1. The summed E-state index contributed by atoms with van der Waals surface area (Å²) in [6.45, 7) is 6.70. The van der Waals surface area contributed by atoms with Gasteiger partial charge in [0.25, 0.3) is 0 Å². The van der Waals surface area contributed by atoms with Crippen LogP contribution in [0.5, 0.6) is 0 Å². The lowest BCUT2D eigenvalue weighted by Gasteiger charge is -2.29. The molecule has 0 spiro atoms. The maximum absolute atomic E-state index is 12.3. The van der Waals surface area contributed by atoms with Crippen molar-refractivity contribution in [2.45, 2.75) is 20.3 Å². The zero-order chi connectivity index (χ0) is 21.6. The average Bonchev–Trinajstić information content (AvgIpc) is 3.25. The maximum atomic E-state index is 12.3. The fraction of sp³-hybridized carbons (Fsp3) is 0.333. The predicted molar refractivity (Wildman–Crippen MR) is 128 cm³/mol. The van der Waals surface area contributed by atoms with Crippen LogP contribution >= 0.6 is 11.8 Å². The summed E-state index contributed by atoms with van der Waals surface area (Å²) in [5.41, 5.74) is 6.07. The zero-order valence-electron chi connectivity index (χ0n) is 18.0. The van der Waals surface area contributed by atoms with Gasteiger partial charge in [-0.1, -0.05) is 17.7 Å². The van der Waals surface area contributed by atoms with Gasteiger partial charge >= 0.3 is 6.03 Å². The van der Waals surface area contributed by atoms with Gasteiger partial charge in [0.05, 0.1) is 5.69 Å². The van der Waals surface area contributed by atoms with Crippen LogP contribution in [0.4, 0.5) is 16.2 Å². The number of rotatable bonds is 6. The van der Waals surface area contributed by atoms with E-state index >= 15 is 0 Å². The number of aromatic nitrogens is 1. The fourth-order valence-electron chi connectivity index (χ4n) is 3.53. The molecule has 0 bridgehead atoms. The van der Waals surface area contributed by atoms with Crippen molar-refractivity contribution in [3.63, 3.8) is 0 Å². The lowest BCUT2D eigenvalue weighted by atomic mass is 10.1. The molecule has 2 aromatic carbocycles. The predicted octanol–water partition coefficient (Wildman–Crippen LogP) is 4.88. The van der Waals surface area contributed by atoms with Crippen LogP contribution < -0.4 is 15.5 Å². The van der Waals surface area contributed by atoms with Crippen LogP contribution in [0.15, 0.2) is 53.1 Å². The van der Waals surface area contributed by atoms with Crippen molar-refractivity contribution in [3.05, 3.63) is 65.5 Å². The van der Waals surface area contributed by atoms with Gasteiger partial charge < -0.3 is 20.0 Å². The number of benzene rings is 2. The van der Waals surface area contributed by atoms with E-state index in [4.69, 9.17) is 4.42 Å². The van der Waals surface area contributed by atoms with Crippen molar-refractivity contribution >= 4 is 29.2 Å². The van der Waals surface area contributed by atoms with Gasteiger partial charge in [0.2, 0.25) is 5.89 Å². The zero-order valence-corrected chi connectivity index (χ0v) is 18.8. The Morgan fingerprint density at radius 3 is 2.65 bits per heavy atom. The summed E-state index contributed by atoms with van der Waals surface area (Å²) in [4.78, 5) is 19.2. The first-order chi connectivity index (χ1) is 15.1. The fourth-order valence-corrected chi connectivity index (χ4v) is 4.43. The highest BCUT2D eigenvalue weighted by Crippen LogP contribution is 2.25. The minimum Gasteiger partial charge on any atom is -0.444 e. The Kier molecular flexibility index (Phi) is 6.82. The first kappa shape index (κ1) is 21.3. The molecule has 0 atom stereocenters. The number of aryl methyl sites for hydroxylation is 2. The number of thioether (sulfide) groups is 1. The third kappa shape index (κ3) is 5.61. The van der Waals surface area contributed by atoms with Crippen LogP contribution in [0, 0.1) is 13.8 Å². The number of oxazole rings is 1. The first-order valence-corrected chi connectivity index (χ1v) is 11.7. The lowest BCUT2D eigenvalue weighted by molar-refractivity contribution is 0.252. The summed E-state index contributed by atoms with van der Waals surface area (Å²) < 4.78 is 5.58. The Bertz CT molecular complexity index is 1030. The average molecular weight is 437 g/mol. The number of hydrogen-bond donors (Lipinski definition) is 2. The van der Waals surface area contributed by atoms with Gasteiger partial charge in [0.1, 0.15) is 6.26 Å². The number of nitrogens with zero attached hydrogens (tertiary/aromatic N) is 2. The number of anilines is 2. The number of hydrogen-bond acceptors (Lipinski definition) is 5. The van der Waals surface area contributed by atoms with E-state index in [1.807, 2.05) is 55.9 Å². The molecular weight excluding hydrogens is 408 g/mol. The number of carbonyl (C=O) groups is 1. The van der Waals surface area contributed by atoms with Crippen LogP contribution in [0.3, 0.4) is 0 Å². The normalized spacial score (nSPS) is 13.8. The maximum Gasteiger partial charge on any atom is 0.319 e.